The van der Waals surface area contributed by atoms with Crippen LogP contribution in [-0.2, 0) is 16.2 Å². The molecule has 0 aliphatic heterocycles. The molecule has 1 aliphatic rings. The fourth-order valence-corrected chi connectivity index (χ4v) is 3.88. The summed E-state index contributed by atoms with van der Waals surface area (Å²) >= 11 is 0. The second-order valence-corrected chi connectivity index (χ2v) is 7.74. The van der Waals surface area contributed by atoms with E-state index in [2.05, 4.69) is 17.6 Å². The van der Waals surface area contributed by atoms with Crippen molar-refractivity contribution in [3.63, 3.8) is 0 Å². The van der Waals surface area contributed by atoms with Crippen LogP contribution in [0.15, 0.2) is 36.4 Å². The average Bonchev–Trinajstić information content (AvgIpc) is 2.77. The standard InChI is InChI=1S/C24H31F2NO3/c1-28-27-23-16-19(18-7-3-2-4-8-18)9-12-24(23)30-14-6-5-13-29-17-20-15-21(25)10-11-22(20)26/h9-12,15-16,18,27H,2-8,13-14,17H2,1H3. The van der Waals surface area contributed by atoms with Crippen molar-refractivity contribution in [1.29, 1.82) is 0 Å². The second-order valence-electron chi connectivity index (χ2n) is 7.74. The fourth-order valence-electron chi connectivity index (χ4n) is 3.88. The molecule has 6 heteroatoms. The van der Waals surface area contributed by atoms with Crippen LogP contribution in [-0.4, -0.2) is 20.3 Å². The van der Waals surface area contributed by atoms with E-state index in [-0.39, 0.29) is 12.2 Å². The maximum atomic E-state index is 13.6. The number of benzene rings is 2. The van der Waals surface area contributed by atoms with E-state index in [1.165, 1.54) is 43.7 Å². The van der Waals surface area contributed by atoms with Gasteiger partial charge in [-0.2, -0.15) is 0 Å². The Morgan fingerprint density at radius 2 is 1.77 bits per heavy atom. The van der Waals surface area contributed by atoms with Crippen molar-refractivity contribution in [2.75, 3.05) is 25.8 Å². The first-order valence-electron chi connectivity index (χ1n) is 10.7. The van der Waals surface area contributed by atoms with E-state index in [1.54, 1.807) is 7.11 Å². The summed E-state index contributed by atoms with van der Waals surface area (Å²) in [5, 5.41) is 0. The fraction of sp³-hybridized carbons (Fsp3) is 0.500. The third kappa shape index (κ3) is 6.67. The van der Waals surface area contributed by atoms with Crippen LogP contribution in [0.1, 0.15) is 62.0 Å². The van der Waals surface area contributed by atoms with Crippen LogP contribution in [0.4, 0.5) is 14.5 Å². The number of halogens is 2. The van der Waals surface area contributed by atoms with Crippen LogP contribution < -0.4 is 10.2 Å². The van der Waals surface area contributed by atoms with E-state index >= 15 is 0 Å². The number of unbranched alkanes of at least 4 members (excludes halogenated alkanes) is 1. The van der Waals surface area contributed by atoms with Crippen molar-refractivity contribution in [3.8, 4) is 5.75 Å². The van der Waals surface area contributed by atoms with E-state index in [1.807, 2.05) is 6.07 Å². The molecule has 2 aromatic rings. The highest BCUT2D eigenvalue weighted by Crippen LogP contribution is 2.36. The van der Waals surface area contributed by atoms with Gasteiger partial charge in [0.05, 0.1) is 20.3 Å². The Hall–Kier alpha value is -2.18. The lowest BCUT2D eigenvalue weighted by atomic mass is 9.84. The Morgan fingerprint density at radius 1 is 0.967 bits per heavy atom. The predicted molar refractivity (Wildman–Crippen MR) is 114 cm³/mol. The highest BCUT2D eigenvalue weighted by atomic mass is 19.1. The highest BCUT2D eigenvalue weighted by molar-refractivity contribution is 5.57. The molecule has 0 heterocycles. The molecule has 0 radical (unpaired) electrons. The predicted octanol–water partition coefficient (Wildman–Crippen LogP) is 6.36. The zero-order valence-corrected chi connectivity index (χ0v) is 17.6. The maximum absolute atomic E-state index is 13.6. The summed E-state index contributed by atoms with van der Waals surface area (Å²) < 4.78 is 38.1. The minimum Gasteiger partial charge on any atom is -0.491 e. The van der Waals surface area contributed by atoms with Crippen LogP contribution in [0.2, 0.25) is 0 Å². The van der Waals surface area contributed by atoms with Crippen LogP contribution in [0.5, 0.6) is 5.75 Å². The zero-order chi connectivity index (χ0) is 21.2. The van der Waals surface area contributed by atoms with Crippen LogP contribution in [0.25, 0.3) is 0 Å². The van der Waals surface area contributed by atoms with E-state index in [0.717, 1.165) is 36.4 Å². The summed E-state index contributed by atoms with van der Waals surface area (Å²) in [4.78, 5) is 5.12. The first-order valence-corrected chi connectivity index (χ1v) is 10.7. The van der Waals surface area contributed by atoms with E-state index in [9.17, 15) is 8.78 Å². The monoisotopic (exact) mass is 419 g/mol. The summed E-state index contributed by atoms with van der Waals surface area (Å²) in [6.07, 6.45) is 7.97. The lowest BCUT2D eigenvalue weighted by molar-refractivity contribution is 0.111. The molecule has 0 aromatic heterocycles. The molecule has 0 unspecified atom stereocenters. The van der Waals surface area contributed by atoms with Gasteiger partial charge in [-0.05, 0) is 67.5 Å². The highest BCUT2D eigenvalue weighted by Gasteiger charge is 2.17. The van der Waals surface area contributed by atoms with Crippen molar-refractivity contribution in [1.82, 2.24) is 0 Å². The van der Waals surface area contributed by atoms with Gasteiger partial charge in [0.15, 0.2) is 0 Å². The number of hydrogen-bond acceptors (Lipinski definition) is 4. The van der Waals surface area contributed by atoms with Crippen molar-refractivity contribution in [3.05, 3.63) is 59.2 Å². The molecule has 0 bridgehead atoms. The number of anilines is 1. The molecule has 30 heavy (non-hydrogen) atoms. The average molecular weight is 420 g/mol. The third-order valence-corrected chi connectivity index (χ3v) is 5.50. The summed E-state index contributed by atoms with van der Waals surface area (Å²) in [6, 6.07) is 9.68. The zero-order valence-electron chi connectivity index (χ0n) is 17.6. The van der Waals surface area contributed by atoms with Gasteiger partial charge in [-0.25, -0.2) is 8.78 Å². The maximum Gasteiger partial charge on any atom is 0.144 e. The molecule has 0 spiro atoms. The molecule has 164 valence electrons. The van der Waals surface area contributed by atoms with Crippen LogP contribution in [0, 0.1) is 11.6 Å². The molecule has 0 atom stereocenters. The third-order valence-electron chi connectivity index (χ3n) is 5.50. The largest absolute Gasteiger partial charge is 0.491 e. The van der Waals surface area contributed by atoms with Gasteiger partial charge in [-0.3, -0.25) is 10.3 Å². The van der Waals surface area contributed by atoms with Gasteiger partial charge in [0.25, 0.3) is 0 Å². The molecular formula is C24H31F2NO3. The van der Waals surface area contributed by atoms with Crippen molar-refractivity contribution < 1.29 is 23.1 Å². The Labute approximate surface area is 177 Å². The summed E-state index contributed by atoms with van der Waals surface area (Å²) in [7, 11) is 1.59. The number of ether oxygens (including phenoxy) is 2. The van der Waals surface area contributed by atoms with Gasteiger partial charge in [-0.15, -0.1) is 0 Å². The van der Waals surface area contributed by atoms with Gasteiger partial charge in [0.1, 0.15) is 23.1 Å². The molecule has 0 amide bonds. The minimum absolute atomic E-state index is 0.0645. The van der Waals surface area contributed by atoms with Gasteiger partial charge in [-0.1, -0.05) is 25.3 Å². The number of rotatable bonds is 11. The number of nitrogens with one attached hydrogen (secondary N) is 1. The topological polar surface area (TPSA) is 39.7 Å². The second kappa shape index (κ2) is 11.9. The van der Waals surface area contributed by atoms with Crippen molar-refractivity contribution >= 4 is 5.69 Å². The molecule has 1 aliphatic carbocycles. The first-order chi connectivity index (χ1) is 14.7. The van der Waals surface area contributed by atoms with E-state index in [4.69, 9.17) is 14.3 Å². The lowest BCUT2D eigenvalue weighted by Crippen LogP contribution is -2.08. The van der Waals surface area contributed by atoms with Crippen LogP contribution >= 0.6 is 0 Å². The number of hydrogen-bond donors (Lipinski definition) is 1. The van der Waals surface area contributed by atoms with Gasteiger partial charge in [0, 0.05) is 12.2 Å². The lowest BCUT2D eigenvalue weighted by Gasteiger charge is -2.23. The smallest absolute Gasteiger partial charge is 0.144 e. The van der Waals surface area contributed by atoms with Crippen molar-refractivity contribution in [2.24, 2.45) is 0 Å². The van der Waals surface area contributed by atoms with E-state index < -0.39 is 11.6 Å². The van der Waals surface area contributed by atoms with Crippen molar-refractivity contribution in [2.45, 2.75) is 57.5 Å². The van der Waals surface area contributed by atoms with Gasteiger partial charge >= 0.3 is 0 Å². The van der Waals surface area contributed by atoms with Gasteiger partial charge < -0.3 is 9.47 Å². The Morgan fingerprint density at radius 3 is 2.57 bits per heavy atom. The SMILES string of the molecule is CONc1cc(C2CCCCC2)ccc1OCCCCOCc1cc(F)ccc1F. The van der Waals surface area contributed by atoms with Crippen LogP contribution in [0.3, 0.4) is 0 Å². The Balaban J connectivity index is 1.41. The quantitative estimate of drug-likeness (QED) is 0.340. The molecule has 0 saturated heterocycles. The molecule has 4 nitrogen and oxygen atoms in total. The Kier molecular flexibility index (Phi) is 8.90. The summed E-state index contributed by atoms with van der Waals surface area (Å²) in [5.41, 5.74) is 5.34. The molecular weight excluding hydrogens is 388 g/mol. The van der Waals surface area contributed by atoms with Gasteiger partial charge in [0.2, 0.25) is 0 Å². The molecule has 2 aromatic carbocycles. The molecule has 1 saturated carbocycles. The summed E-state index contributed by atoms with van der Waals surface area (Å²) in [5.74, 6) is 0.470. The molecule has 1 fully saturated rings. The molecule has 3 rings (SSSR count). The Bertz CT molecular complexity index is 794. The first kappa shape index (κ1) is 22.5. The molecule has 1 N–H and O–H groups in total. The minimum atomic E-state index is -0.460. The summed E-state index contributed by atoms with van der Waals surface area (Å²) in [6.45, 7) is 1.07. The normalized spacial score (nSPS) is 14.6. The van der Waals surface area contributed by atoms with E-state index in [0.29, 0.717) is 19.1 Å².